The number of carbonyl (C=O) groups is 2. The molecular weight excluding hydrogens is 296 g/mol. The van der Waals surface area contributed by atoms with Gasteiger partial charge in [0.2, 0.25) is 5.91 Å². The van der Waals surface area contributed by atoms with Gasteiger partial charge in [-0.15, -0.1) is 0 Å². The fraction of sp³-hybridized carbons (Fsp3) is 0.562. The van der Waals surface area contributed by atoms with E-state index in [4.69, 9.17) is 0 Å². The number of nitrogens with one attached hydrogen (secondary N) is 2. The normalized spacial score (nSPS) is 18.8. The van der Waals surface area contributed by atoms with Crippen molar-refractivity contribution in [1.82, 2.24) is 20.2 Å². The zero-order chi connectivity index (χ0) is 17.0. The number of hydrogen-bond acceptors (Lipinski definition) is 4. The summed E-state index contributed by atoms with van der Waals surface area (Å²) in [7, 11) is 1.29. The highest BCUT2D eigenvalue weighted by Gasteiger charge is 2.37. The number of carbonyl (C=O) groups excluding carboxylic acids is 2. The van der Waals surface area contributed by atoms with Gasteiger partial charge >= 0.3 is 6.09 Å². The summed E-state index contributed by atoms with van der Waals surface area (Å²) in [4.78, 5) is 33.7. The molecule has 0 aromatic carbocycles. The van der Waals surface area contributed by atoms with E-state index in [1.165, 1.54) is 7.11 Å². The lowest BCUT2D eigenvalue weighted by atomic mass is 10.0. The third kappa shape index (κ3) is 3.72. The van der Waals surface area contributed by atoms with E-state index >= 15 is 0 Å². The molecule has 0 radical (unpaired) electrons. The van der Waals surface area contributed by atoms with Gasteiger partial charge in [-0.1, -0.05) is 20.4 Å². The lowest BCUT2D eigenvalue weighted by Crippen LogP contribution is -2.51. The second-order valence-electron chi connectivity index (χ2n) is 5.98. The van der Waals surface area contributed by atoms with E-state index < -0.39 is 12.1 Å². The Balaban J connectivity index is 2.17. The summed E-state index contributed by atoms with van der Waals surface area (Å²) in [6.45, 7) is 8.15. The maximum absolute atomic E-state index is 12.9. The number of rotatable bonds is 5. The highest BCUT2D eigenvalue weighted by atomic mass is 16.5. The second-order valence-corrected chi connectivity index (χ2v) is 5.98. The number of alkyl carbamates (subject to hydrolysis) is 1. The molecule has 1 saturated heterocycles. The number of amides is 2. The Morgan fingerprint density at radius 1 is 1.57 bits per heavy atom. The van der Waals surface area contributed by atoms with Crippen LogP contribution in [0.3, 0.4) is 0 Å². The number of likely N-dealkylation sites (tertiary alicyclic amines) is 1. The van der Waals surface area contributed by atoms with Crippen LogP contribution in [-0.2, 0) is 9.53 Å². The predicted molar refractivity (Wildman–Crippen MR) is 86.5 cm³/mol. The van der Waals surface area contributed by atoms with Gasteiger partial charge in [0.15, 0.2) is 0 Å². The first-order valence-corrected chi connectivity index (χ1v) is 7.80. The molecule has 2 unspecified atom stereocenters. The third-order valence-corrected chi connectivity index (χ3v) is 4.08. The number of aromatic amines is 1. The zero-order valence-corrected chi connectivity index (χ0v) is 13.8. The van der Waals surface area contributed by atoms with Crippen LogP contribution < -0.4 is 5.32 Å². The maximum Gasteiger partial charge on any atom is 0.407 e. The second kappa shape index (κ2) is 7.30. The third-order valence-electron chi connectivity index (χ3n) is 4.08. The highest BCUT2D eigenvalue weighted by Crippen LogP contribution is 2.31. The van der Waals surface area contributed by atoms with E-state index in [1.807, 2.05) is 13.8 Å². The Hall–Kier alpha value is -2.31. The highest BCUT2D eigenvalue weighted by molar-refractivity contribution is 5.86. The van der Waals surface area contributed by atoms with Crippen LogP contribution in [-0.4, -0.2) is 46.6 Å². The first-order valence-electron chi connectivity index (χ1n) is 7.80. The number of ether oxygens (including phenoxy) is 1. The van der Waals surface area contributed by atoms with Crippen LogP contribution in [0.2, 0.25) is 0 Å². The number of nitrogens with zero attached hydrogens (tertiary/aromatic N) is 2. The summed E-state index contributed by atoms with van der Waals surface area (Å²) < 4.78 is 4.62. The average Bonchev–Trinajstić information content (AvgIpc) is 3.19. The minimum absolute atomic E-state index is 0.0387. The first-order chi connectivity index (χ1) is 11.0. The number of methoxy groups -OCH3 is 1. The Morgan fingerprint density at radius 3 is 2.87 bits per heavy atom. The number of imidazole rings is 1. The van der Waals surface area contributed by atoms with E-state index in [-0.39, 0.29) is 17.9 Å². The molecule has 2 heterocycles. The monoisotopic (exact) mass is 320 g/mol. The van der Waals surface area contributed by atoms with Crippen molar-refractivity contribution in [1.29, 1.82) is 0 Å². The van der Waals surface area contributed by atoms with Crippen molar-refractivity contribution in [2.45, 2.75) is 38.8 Å². The summed E-state index contributed by atoms with van der Waals surface area (Å²) in [5.41, 5.74) is 0.826. The van der Waals surface area contributed by atoms with Gasteiger partial charge in [0.25, 0.3) is 0 Å². The van der Waals surface area contributed by atoms with Gasteiger partial charge in [-0.3, -0.25) is 4.79 Å². The molecule has 2 rings (SSSR count). The molecule has 1 aliphatic rings. The minimum Gasteiger partial charge on any atom is -0.453 e. The van der Waals surface area contributed by atoms with Crippen molar-refractivity contribution in [3.63, 3.8) is 0 Å². The summed E-state index contributed by atoms with van der Waals surface area (Å²) in [6.07, 6.45) is 4.55. The molecule has 2 N–H and O–H groups in total. The standard InChI is InChI=1S/C16H24N4O3/c1-5-11-9-17-14(18-11)12-7-6-8-20(12)15(21)13(10(2)3)19-16(22)23-4/h5,9-10,12-13H,1,6-8H2,2-4H3,(H,17,18)(H,19,22). The number of H-pyrrole nitrogens is 1. The minimum atomic E-state index is -0.614. The largest absolute Gasteiger partial charge is 0.453 e. The van der Waals surface area contributed by atoms with Crippen LogP contribution in [0.5, 0.6) is 0 Å². The van der Waals surface area contributed by atoms with Gasteiger partial charge < -0.3 is 19.9 Å². The van der Waals surface area contributed by atoms with E-state index in [0.717, 1.165) is 24.4 Å². The van der Waals surface area contributed by atoms with E-state index in [2.05, 4.69) is 26.6 Å². The molecule has 2 atom stereocenters. The molecule has 0 bridgehead atoms. The van der Waals surface area contributed by atoms with E-state index in [1.54, 1.807) is 17.2 Å². The molecule has 2 amide bonds. The molecule has 0 aliphatic carbocycles. The molecule has 7 heteroatoms. The zero-order valence-electron chi connectivity index (χ0n) is 13.8. The fourth-order valence-corrected chi connectivity index (χ4v) is 2.82. The number of aromatic nitrogens is 2. The molecule has 1 aliphatic heterocycles. The Labute approximate surface area is 136 Å². The lowest BCUT2D eigenvalue weighted by molar-refractivity contribution is -0.135. The SMILES string of the molecule is C=Cc1cnc(C2CCCN2C(=O)C(NC(=O)OC)C(C)C)[nH]1. The topological polar surface area (TPSA) is 87.3 Å². The Bertz CT molecular complexity index is 582. The Kier molecular flexibility index (Phi) is 5.41. The van der Waals surface area contributed by atoms with E-state index in [9.17, 15) is 9.59 Å². The van der Waals surface area contributed by atoms with Gasteiger partial charge in [0.05, 0.1) is 25.0 Å². The Morgan fingerprint density at radius 2 is 2.30 bits per heavy atom. The van der Waals surface area contributed by atoms with Crippen molar-refractivity contribution >= 4 is 18.1 Å². The van der Waals surface area contributed by atoms with E-state index in [0.29, 0.717) is 6.54 Å². The van der Waals surface area contributed by atoms with Gasteiger partial charge in [0.1, 0.15) is 11.9 Å². The predicted octanol–water partition coefficient (Wildman–Crippen LogP) is 2.10. The van der Waals surface area contributed by atoms with Crippen LogP contribution >= 0.6 is 0 Å². The average molecular weight is 320 g/mol. The first kappa shape index (κ1) is 17.1. The summed E-state index contributed by atoms with van der Waals surface area (Å²) in [6, 6.07) is -0.714. The number of hydrogen-bond donors (Lipinski definition) is 2. The molecule has 0 spiro atoms. The van der Waals surface area contributed by atoms with Crippen molar-refractivity contribution in [2.75, 3.05) is 13.7 Å². The quantitative estimate of drug-likeness (QED) is 0.869. The van der Waals surface area contributed by atoms with Crippen LogP contribution in [0.4, 0.5) is 4.79 Å². The summed E-state index contributed by atoms with van der Waals surface area (Å²) in [5.74, 6) is 0.610. The molecular formula is C16H24N4O3. The van der Waals surface area contributed by atoms with Crippen LogP contribution in [0.15, 0.2) is 12.8 Å². The molecule has 1 fully saturated rings. The van der Waals surface area contributed by atoms with Gasteiger partial charge in [0, 0.05) is 6.54 Å². The van der Waals surface area contributed by atoms with Crippen molar-refractivity contribution in [3.8, 4) is 0 Å². The van der Waals surface area contributed by atoms with Crippen LogP contribution in [0.1, 0.15) is 44.2 Å². The van der Waals surface area contributed by atoms with Gasteiger partial charge in [-0.05, 0) is 24.8 Å². The maximum atomic E-state index is 12.9. The molecule has 23 heavy (non-hydrogen) atoms. The molecule has 0 saturated carbocycles. The molecule has 7 nitrogen and oxygen atoms in total. The van der Waals surface area contributed by atoms with Crippen molar-refractivity contribution in [2.24, 2.45) is 5.92 Å². The fourth-order valence-electron chi connectivity index (χ4n) is 2.82. The lowest BCUT2D eigenvalue weighted by Gasteiger charge is -2.29. The molecule has 126 valence electrons. The molecule has 1 aromatic heterocycles. The van der Waals surface area contributed by atoms with Crippen LogP contribution in [0.25, 0.3) is 6.08 Å². The van der Waals surface area contributed by atoms with Crippen molar-refractivity contribution in [3.05, 3.63) is 24.3 Å². The van der Waals surface area contributed by atoms with Gasteiger partial charge in [-0.2, -0.15) is 0 Å². The van der Waals surface area contributed by atoms with Crippen molar-refractivity contribution < 1.29 is 14.3 Å². The molecule has 1 aromatic rings. The van der Waals surface area contributed by atoms with Crippen LogP contribution in [0, 0.1) is 5.92 Å². The summed E-state index contributed by atoms with van der Waals surface area (Å²) in [5, 5.41) is 2.63. The summed E-state index contributed by atoms with van der Waals surface area (Å²) >= 11 is 0. The smallest absolute Gasteiger partial charge is 0.407 e. The van der Waals surface area contributed by atoms with Gasteiger partial charge in [-0.25, -0.2) is 9.78 Å².